The highest BCUT2D eigenvalue weighted by Gasteiger charge is 2.22. The van der Waals surface area contributed by atoms with Gasteiger partial charge in [0.05, 0.1) is 12.2 Å². The van der Waals surface area contributed by atoms with Crippen molar-refractivity contribution in [1.82, 2.24) is 0 Å². The molecule has 0 radical (unpaired) electrons. The fraction of sp³-hybridized carbons (Fsp3) is 0.818. The lowest BCUT2D eigenvalue weighted by Gasteiger charge is -2.28. The summed E-state index contributed by atoms with van der Waals surface area (Å²) in [5.74, 6) is 0.549. The van der Waals surface area contributed by atoms with Crippen LogP contribution in [0.1, 0.15) is 32.6 Å². The minimum atomic E-state index is -0.291. The quantitative estimate of drug-likeness (QED) is 0.633. The summed E-state index contributed by atoms with van der Waals surface area (Å²) in [5, 5.41) is 9.62. The maximum absolute atomic E-state index is 9.62. The van der Waals surface area contributed by atoms with Gasteiger partial charge in [0.15, 0.2) is 0 Å². The largest absolute Gasteiger partial charge is 0.389 e. The summed E-state index contributed by atoms with van der Waals surface area (Å²) in [4.78, 5) is 0. The molecule has 0 aromatic heterocycles. The molecule has 0 heterocycles. The van der Waals surface area contributed by atoms with Crippen molar-refractivity contribution >= 4 is 0 Å². The second-order valence-corrected chi connectivity index (χ2v) is 4.04. The molecular formula is C11H20O2. The number of methoxy groups -OCH3 is 1. The first kappa shape index (κ1) is 10.7. The molecule has 0 aromatic rings. The van der Waals surface area contributed by atoms with Gasteiger partial charge in [0.25, 0.3) is 0 Å². The minimum Gasteiger partial charge on any atom is -0.389 e. The lowest BCUT2D eigenvalue weighted by atomic mass is 9.87. The Kier molecular flexibility index (Phi) is 3.94. The Morgan fingerprint density at radius 1 is 1.38 bits per heavy atom. The molecule has 1 fully saturated rings. The topological polar surface area (TPSA) is 29.5 Å². The van der Waals surface area contributed by atoms with Crippen molar-refractivity contribution in [2.24, 2.45) is 5.92 Å². The van der Waals surface area contributed by atoms with E-state index in [1.165, 1.54) is 0 Å². The van der Waals surface area contributed by atoms with E-state index in [4.69, 9.17) is 4.74 Å². The molecule has 0 saturated heterocycles. The summed E-state index contributed by atoms with van der Waals surface area (Å²) in [5.41, 5.74) is 0.967. The highest BCUT2D eigenvalue weighted by atomic mass is 16.5. The minimum absolute atomic E-state index is 0.291. The third-order valence-electron chi connectivity index (χ3n) is 3.05. The van der Waals surface area contributed by atoms with Crippen molar-refractivity contribution in [1.29, 1.82) is 0 Å². The fourth-order valence-electron chi connectivity index (χ4n) is 1.94. The van der Waals surface area contributed by atoms with E-state index >= 15 is 0 Å². The number of hydrogen-bond acceptors (Lipinski definition) is 2. The van der Waals surface area contributed by atoms with E-state index in [-0.39, 0.29) is 6.10 Å². The van der Waals surface area contributed by atoms with E-state index in [1.807, 2.05) is 0 Å². The summed E-state index contributed by atoms with van der Waals surface area (Å²) in [6, 6.07) is 0. The first-order valence-electron chi connectivity index (χ1n) is 5.03. The van der Waals surface area contributed by atoms with Gasteiger partial charge in [-0.15, -0.1) is 0 Å². The molecule has 1 saturated carbocycles. The fourth-order valence-corrected chi connectivity index (χ4v) is 1.94. The smallest absolute Gasteiger partial charge is 0.0747 e. The molecule has 76 valence electrons. The Labute approximate surface area is 80.6 Å². The molecule has 0 aromatic carbocycles. The van der Waals surface area contributed by atoms with Crippen LogP contribution in [-0.2, 0) is 4.74 Å². The molecule has 1 unspecified atom stereocenters. The first-order valence-corrected chi connectivity index (χ1v) is 5.03. The molecule has 1 aliphatic rings. The van der Waals surface area contributed by atoms with Gasteiger partial charge in [0.2, 0.25) is 0 Å². The normalized spacial score (nSPS) is 36.8. The zero-order chi connectivity index (χ0) is 9.84. The van der Waals surface area contributed by atoms with E-state index in [0.29, 0.717) is 12.0 Å². The molecule has 3 atom stereocenters. The number of hydrogen-bond donors (Lipinski definition) is 1. The molecular weight excluding hydrogens is 164 g/mol. The van der Waals surface area contributed by atoms with Gasteiger partial charge in [-0.3, -0.25) is 0 Å². The van der Waals surface area contributed by atoms with Crippen LogP contribution in [-0.4, -0.2) is 24.4 Å². The first-order chi connectivity index (χ1) is 6.15. The standard InChI is InChI=1S/C11H20O2/c1-8-5-7-11(13-3)9(2)4-6-10(8)12/h9-12H,1,4-7H2,2-3H3/t9-,10?,11-/m1/s1. The lowest BCUT2D eigenvalue weighted by molar-refractivity contribution is 0.0357. The summed E-state index contributed by atoms with van der Waals surface area (Å²) in [6.07, 6.45) is 3.79. The lowest BCUT2D eigenvalue weighted by Crippen LogP contribution is -2.26. The molecule has 0 aliphatic heterocycles. The van der Waals surface area contributed by atoms with Gasteiger partial charge in [0, 0.05) is 7.11 Å². The summed E-state index contributed by atoms with van der Waals surface area (Å²) in [7, 11) is 1.77. The van der Waals surface area contributed by atoms with E-state index in [0.717, 1.165) is 31.3 Å². The number of ether oxygens (including phenoxy) is 1. The Morgan fingerprint density at radius 2 is 2.08 bits per heavy atom. The highest BCUT2D eigenvalue weighted by molar-refractivity contribution is 5.03. The predicted octanol–water partition coefficient (Wildman–Crippen LogP) is 2.13. The van der Waals surface area contributed by atoms with Crippen LogP contribution < -0.4 is 0 Å². The van der Waals surface area contributed by atoms with Crippen molar-refractivity contribution in [2.75, 3.05) is 7.11 Å². The molecule has 13 heavy (non-hydrogen) atoms. The Morgan fingerprint density at radius 3 is 2.69 bits per heavy atom. The number of aliphatic hydroxyl groups excluding tert-OH is 1. The molecule has 1 aliphatic carbocycles. The number of aliphatic hydroxyl groups is 1. The van der Waals surface area contributed by atoms with Crippen LogP contribution >= 0.6 is 0 Å². The molecule has 1 rings (SSSR count). The van der Waals surface area contributed by atoms with E-state index in [9.17, 15) is 5.11 Å². The van der Waals surface area contributed by atoms with Crippen molar-refractivity contribution < 1.29 is 9.84 Å². The second kappa shape index (κ2) is 4.77. The molecule has 2 nitrogen and oxygen atoms in total. The molecule has 0 bridgehead atoms. The van der Waals surface area contributed by atoms with Crippen LogP contribution in [0.4, 0.5) is 0 Å². The average molecular weight is 184 g/mol. The van der Waals surface area contributed by atoms with Gasteiger partial charge in [0.1, 0.15) is 0 Å². The maximum atomic E-state index is 9.62. The van der Waals surface area contributed by atoms with Crippen LogP contribution in [0.25, 0.3) is 0 Å². The zero-order valence-electron chi connectivity index (χ0n) is 8.62. The van der Waals surface area contributed by atoms with Gasteiger partial charge in [-0.2, -0.15) is 0 Å². The SMILES string of the molecule is C=C1CC[C@@H](OC)[C@H](C)CCC1O. The van der Waals surface area contributed by atoms with Gasteiger partial charge in [-0.1, -0.05) is 13.5 Å². The second-order valence-electron chi connectivity index (χ2n) is 4.04. The third kappa shape index (κ3) is 2.82. The van der Waals surface area contributed by atoms with E-state index in [2.05, 4.69) is 13.5 Å². The molecule has 2 heteroatoms. The van der Waals surface area contributed by atoms with Crippen LogP contribution in [0.2, 0.25) is 0 Å². The third-order valence-corrected chi connectivity index (χ3v) is 3.05. The monoisotopic (exact) mass is 184 g/mol. The zero-order valence-corrected chi connectivity index (χ0v) is 8.62. The van der Waals surface area contributed by atoms with Crippen molar-refractivity contribution in [3.05, 3.63) is 12.2 Å². The number of rotatable bonds is 1. The Hall–Kier alpha value is -0.340. The van der Waals surface area contributed by atoms with Crippen LogP contribution in [0.3, 0.4) is 0 Å². The predicted molar refractivity (Wildman–Crippen MR) is 53.6 cm³/mol. The van der Waals surface area contributed by atoms with Gasteiger partial charge < -0.3 is 9.84 Å². The maximum Gasteiger partial charge on any atom is 0.0747 e. The van der Waals surface area contributed by atoms with Crippen LogP contribution in [0.15, 0.2) is 12.2 Å². The Bertz CT molecular complexity index is 177. The van der Waals surface area contributed by atoms with Crippen molar-refractivity contribution in [3.8, 4) is 0 Å². The van der Waals surface area contributed by atoms with Gasteiger partial charge in [-0.05, 0) is 37.2 Å². The van der Waals surface area contributed by atoms with E-state index < -0.39 is 0 Å². The summed E-state index contributed by atoms with van der Waals surface area (Å²) < 4.78 is 5.40. The van der Waals surface area contributed by atoms with Crippen molar-refractivity contribution in [2.45, 2.75) is 44.8 Å². The van der Waals surface area contributed by atoms with Crippen LogP contribution in [0, 0.1) is 5.92 Å². The van der Waals surface area contributed by atoms with Gasteiger partial charge in [-0.25, -0.2) is 0 Å². The molecule has 0 amide bonds. The Balaban J connectivity index is 2.53. The van der Waals surface area contributed by atoms with Gasteiger partial charge >= 0.3 is 0 Å². The molecule has 0 spiro atoms. The van der Waals surface area contributed by atoms with Crippen molar-refractivity contribution in [3.63, 3.8) is 0 Å². The highest BCUT2D eigenvalue weighted by Crippen LogP contribution is 2.26. The summed E-state index contributed by atoms with van der Waals surface area (Å²) in [6.45, 7) is 6.07. The van der Waals surface area contributed by atoms with Crippen LogP contribution in [0.5, 0.6) is 0 Å². The average Bonchev–Trinajstić information content (AvgIpc) is 2.13. The van der Waals surface area contributed by atoms with E-state index in [1.54, 1.807) is 7.11 Å². The molecule has 1 N–H and O–H groups in total. The summed E-state index contributed by atoms with van der Waals surface area (Å²) >= 11 is 0.